The maximum absolute atomic E-state index is 12.4. The van der Waals surface area contributed by atoms with Crippen molar-refractivity contribution in [2.45, 2.75) is 33.1 Å². The summed E-state index contributed by atoms with van der Waals surface area (Å²) in [5.41, 5.74) is 3.70. The summed E-state index contributed by atoms with van der Waals surface area (Å²) >= 11 is 0. The van der Waals surface area contributed by atoms with E-state index in [-0.39, 0.29) is 5.91 Å². The van der Waals surface area contributed by atoms with Crippen LogP contribution in [0.4, 0.5) is 0 Å². The fraction of sp³-hybridized carbons (Fsp3) is 0.368. The van der Waals surface area contributed by atoms with E-state index in [2.05, 4.69) is 36.2 Å². The number of nitrogens with zero attached hydrogens (tertiary/aromatic N) is 2. The van der Waals surface area contributed by atoms with Gasteiger partial charge in [0, 0.05) is 31.9 Å². The van der Waals surface area contributed by atoms with Gasteiger partial charge in [0.2, 0.25) is 5.91 Å². The molecule has 1 amide bonds. The molecule has 0 aliphatic rings. The van der Waals surface area contributed by atoms with Crippen LogP contribution in [-0.2, 0) is 17.6 Å². The third kappa shape index (κ3) is 4.99. The van der Waals surface area contributed by atoms with E-state index in [9.17, 15) is 4.79 Å². The number of rotatable bonds is 7. The van der Waals surface area contributed by atoms with E-state index in [0.717, 1.165) is 25.9 Å². The highest BCUT2D eigenvalue weighted by molar-refractivity contribution is 5.76. The number of pyridine rings is 1. The van der Waals surface area contributed by atoms with Gasteiger partial charge in [0.15, 0.2) is 0 Å². The van der Waals surface area contributed by atoms with Gasteiger partial charge < -0.3 is 4.90 Å². The van der Waals surface area contributed by atoms with E-state index in [1.165, 1.54) is 16.7 Å². The molecule has 1 aromatic carbocycles. The lowest BCUT2D eigenvalue weighted by atomic mass is 10.1. The molecule has 0 N–H and O–H groups in total. The molecule has 2 aromatic rings. The van der Waals surface area contributed by atoms with Gasteiger partial charge in [-0.3, -0.25) is 9.78 Å². The first-order valence-corrected chi connectivity index (χ1v) is 7.91. The number of likely N-dealkylation sites (N-methyl/N-ethyl adjacent to an activating group) is 1. The van der Waals surface area contributed by atoms with Crippen LogP contribution in [0.1, 0.15) is 30.0 Å². The molecule has 1 aromatic heterocycles. The summed E-state index contributed by atoms with van der Waals surface area (Å²) in [6, 6.07) is 12.4. The molecule has 0 saturated carbocycles. The smallest absolute Gasteiger partial charge is 0.222 e. The Kier molecular flexibility index (Phi) is 6.13. The number of aryl methyl sites for hydroxylation is 2. The van der Waals surface area contributed by atoms with Gasteiger partial charge in [-0.1, -0.05) is 29.8 Å². The van der Waals surface area contributed by atoms with E-state index in [1.54, 1.807) is 12.4 Å². The third-order valence-electron chi connectivity index (χ3n) is 3.86. The first-order valence-electron chi connectivity index (χ1n) is 7.91. The van der Waals surface area contributed by atoms with Crippen LogP contribution < -0.4 is 0 Å². The lowest BCUT2D eigenvalue weighted by Crippen LogP contribution is -2.32. The zero-order chi connectivity index (χ0) is 15.8. The summed E-state index contributed by atoms with van der Waals surface area (Å²) in [5.74, 6) is 0.234. The Morgan fingerprint density at radius 3 is 2.55 bits per heavy atom. The largest absolute Gasteiger partial charge is 0.343 e. The molecule has 0 radical (unpaired) electrons. The van der Waals surface area contributed by atoms with Crippen molar-refractivity contribution in [1.82, 2.24) is 9.88 Å². The second-order valence-corrected chi connectivity index (χ2v) is 5.57. The number of hydrogen-bond acceptors (Lipinski definition) is 2. The van der Waals surface area contributed by atoms with E-state index < -0.39 is 0 Å². The van der Waals surface area contributed by atoms with Gasteiger partial charge in [0.25, 0.3) is 0 Å². The normalized spacial score (nSPS) is 10.5. The first kappa shape index (κ1) is 16.2. The molecule has 3 heteroatoms. The Morgan fingerprint density at radius 1 is 1.09 bits per heavy atom. The van der Waals surface area contributed by atoms with Gasteiger partial charge >= 0.3 is 0 Å². The predicted octanol–water partition coefficient (Wildman–Crippen LogP) is 3.41. The zero-order valence-electron chi connectivity index (χ0n) is 13.5. The number of aromatic nitrogens is 1. The molecule has 22 heavy (non-hydrogen) atoms. The average molecular weight is 296 g/mol. The summed E-state index contributed by atoms with van der Waals surface area (Å²) in [6.45, 7) is 5.65. The Labute approximate surface area is 133 Å². The lowest BCUT2D eigenvalue weighted by Gasteiger charge is -2.21. The summed E-state index contributed by atoms with van der Waals surface area (Å²) in [5, 5.41) is 0. The average Bonchev–Trinajstić information content (AvgIpc) is 2.54. The monoisotopic (exact) mass is 296 g/mol. The Balaban J connectivity index is 1.83. The molecular weight excluding hydrogens is 272 g/mol. The van der Waals surface area contributed by atoms with Crippen LogP contribution in [0.5, 0.6) is 0 Å². The van der Waals surface area contributed by atoms with Crippen LogP contribution in [0.25, 0.3) is 0 Å². The van der Waals surface area contributed by atoms with Gasteiger partial charge in [0.1, 0.15) is 0 Å². The van der Waals surface area contributed by atoms with Crippen molar-refractivity contribution in [3.63, 3.8) is 0 Å². The highest BCUT2D eigenvalue weighted by Gasteiger charge is 2.11. The Bertz CT molecular complexity index is 595. The van der Waals surface area contributed by atoms with Crippen LogP contribution in [0.3, 0.4) is 0 Å². The minimum atomic E-state index is 0.234. The van der Waals surface area contributed by atoms with Gasteiger partial charge in [-0.2, -0.15) is 0 Å². The fourth-order valence-electron chi connectivity index (χ4n) is 2.55. The minimum absolute atomic E-state index is 0.234. The molecule has 3 nitrogen and oxygen atoms in total. The Hall–Kier alpha value is -2.16. The number of benzene rings is 1. The van der Waals surface area contributed by atoms with Crippen molar-refractivity contribution in [2.24, 2.45) is 0 Å². The van der Waals surface area contributed by atoms with Crippen molar-refractivity contribution in [2.75, 3.05) is 13.1 Å². The van der Waals surface area contributed by atoms with Gasteiger partial charge in [-0.25, -0.2) is 0 Å². The van der Waals surface area contributed by atoms with Crippen LogP contribution in [0, 0.1) is 6.92 Å². The van der Waals surface area contributed by atoms with Crippen molar-refractivity contribution < 1.29 is 4.79 Å². The van der Waals surface area contributed by atoms with Gasteiger partial charge in [-0.05, 0) is 49.9 Å². The van der Waals surface area contributed by atoms with Crippen LogP contribution in [0.2, 0.25) is 0 Å². The molecule has 0 aliphatic heterocycles. The van der Waals surface area contributed by atoms with E-state index in [1.807, 2.05) is 24.0 Å². The number of carbonyl (C=O) groups is 1. The van der Waals surface area contributed by atoms with Crippen molar-refractivity contribution in [3.8, 4) is 0 Å². The topological polar surface area (TPSA) is 33.2 Å². The molecule has 1 heterocycles. The first-order chi connectivity index (χ1) is 10.7. The SMILES string of the molecule is CCN(CCc1ccncc1)C(=O)CCc1cccc(C)c1. The molecule has 0 bridgehead atoms. The number of hydrogen-bond donors (Lipinski definition) is 0. The molecule has 0 aliphatic carbocycles. The van der Waals surface area contributed by atoms with E-state index >= 15 is 0 Å². The summed E-state index contributed by atoms with van der Waals surface area (Å²) in [6.07, 6.45) is 5.86. The maximum Gasteiger partial charge on any atom is 0.222 e. The molecule has 0 atom stereocenters. The summed E-state index contributed by atoms with van der Waals surface area (Å²) in [7, 11) is 0. The number of amides is 1. The molecule has 0 spiro atoms. The third-order valence-corrected chi connectivity index (χ3v) is 3.86. The quantitative estimate of drug-likeness (QED) is 0.784. The van der Waals surface area contributed by atoms with Gasteiger partial charge in [-0.15, -0.1) is 0 Å². The van der Waals surface area contributed by atoms with Crippen molar-refractivity contribution >= 4 is 5.91 Å². The van der Waals surface area contributed by atoms with E-state index in [4.69, 9.17) is 0 Å². The number of carbonyl (C=O) groups excluding carboxylic acids is 1. The molecule has 0 fully saturated rings. The zero-order valence-corrected chi connectivity index (χ0v) is 13.5. The standard InChI is InChI=1S/C19H24N2O/c1-3-21(14-11-17-9-12-20-13-10-17)19(22)8-7-18-6-4-5-16(2)15-18/h4-6,9-10,12-13,15H,3,7-8,11,14H2,1-2H3. The van der Waals surface area contributed by atoms with E-state index in [0.29, 0.717) is 6.42 Å². The maximum atomic E-state index is 12.4. The summed E-state index contributed by atoms with van der Waals surface area (Å²) < 4.78 is 0. The van der Waals surface area contributed by atoms with Crippen LogP contribution in [0.15, 0.2) is 48.8 Å². The van der Waals surface area contributed by atoms with Crippen molar-refractivity contribution in [1.29, 1.82) is 0 Å². The highest BCUT2D eigenvalue weighted by Crippen LogP contribution is 2.09. The van der Waals surface area contributed by atoms with Crippen LogP contribution in [-0.4, -0.2) is 28.9 Å². The minimum Gasteiger partial charge on any atom is -0.343 e. The predicted molar refractivity (Wildman–Crippen MR) is 89.7 cm³/mol. The van der Waals surface area contributed by atoms with Crippen LogP contribution >= 0.6 is 0 Å². The lowest BCUT2D eigenvalue weighted by molar-refractivity contribution is -0.130. The molecular formula is C19H24N2O. The van der Waals surface area contributed by atoms with Crippen molar-refractivity contribution in [3.05, 3.63) is 65.5 Å². The molecule has 116 valence electrons. The van der Waals surface area contributed by atoms with Gasteiger partial charge in [0.05, 0.1) is 0 Å². The molecule has 0 unspecified atom stereocenters. The second kappa shape index (κ2) is 8.32. The fourth-order valence-corrected chi connectivity index (χ4v) is 2.55. The Morgan fingerprint density at radius 2 is 1.86 bits per heavy atom. The molecule has 2 rings (SSSR count). The second-order valence-electron chi connectivity index (χ2n) is 5.57. The molecule has 0 saturated heterocycles. The summed E-state index contributed by atoms with van der Waals surface area (Å²) in [4.78, 5) is 18.3. The highest BCUT2D eigenvalue weighted by atomic mass is 16.2.